The van der Waals surface area contributed by atoms with Crippen molar-refractivity contribution < 1.29 is 18.3 Å². The molecule has 2 atom stereocenters. The molecule has 0 saturated carbocycles. The maximum Gasteiger partial charge on any atom is 0.417 e. The highest BCUT2D eigenvalue weighted by Gasteiger charge is 2.34. The quantitative estimate of drug-likeness (QED) is 0.862. The first kappa shape index (κ1) is 14.7. The van der Waals surface area contributed by atoms with Crippen LogP contribution in [-0.2, 0) is 6.18 Å². The Balaban J connectivity index is 2.33. The van der Waals surface area contributed by atoms with Crippen molar-refractivity contribution in [2.24, 2.45) is 5.92 Å². The van der Waals surface area contributed by atoms with Crippen LogP contribution in [0.3, 0.4) is 0 Å². The molecule has 1 fully saturated rings. The monoisotopic (exact) mass is 284 g/mol. The fourth-order valence-corrected chi connectivity index (χ4v) is 2.34. The number of hydrogen-bond donors (Lipinski definition) is 1. The maximum atomic E-state index is 12.9. The highest BCUT2D eigenvalue weighted by Crippen LogP contribution is 2.35. The largest absolute Gasteiger partial charge is 0.417 e. The van der Waals surface area contributed by atoms with Crippen molar-refractivity contribution in [1.29, 1.82) is 5.26 Å². The summed E-state index contributed by atoms with van der Waals surface area (Å²) in [5, 5.41) is 18.6. The zero-order valence-electron chi connectivity index (χ0n) is 11.0. The van der Waals surface area contributed by atoms with Gasteiger partial charge in [-0.05, 0) is 30.5 Å². The summed E-state index contributed by atoms with van der Waals surface area (Å²) in [6.45, 7) is 2.83. The van der Waals surface area contributed by atoms with Crippen molar-refractivity contribution in [3.05, 3.63) is 29.3 Å². The standard InChI is InChI=1S/C14H15F3N2O/c1-9-4-5-19(8-13(9)20)11-3-2-10(7-18)12(6-11)14(15,16)17/h2-3,6,9,13,20H,4-5,8H2,1H3. The van der Waals surface area contributed by atoms with Crippen molar-refractivity contribution in [1.82, 2.24) is 0 Å². The van der Waals surface area contributed by atoms with Gasteiger partial charge in [-0.25, -0.2) is 0 Å². The van der Waals surface area contributed by atoms with E-state index in [2.05, 4.69) is 0 Å². The van der Waals surface area contributed by atoms with Gasteiger partial charge in [-0.1, -0.05) is 6.92 Å². The highest BCUT2D eigenvalue weighted by atomic mass is 19.4. The van der Waals surface area contributed by atoms with Gasteiger partial charge in [-0.3, -0.25) is 0 Å². The van der Waals surface area contributed by atoms with E-state index < -0.39 is 17.8 Å². The van der Waals surface area contributed by atoms with Crippen LogP contribution in [0, 0.1) is 17.2 Å². The molecule has 3 nitrogen and oxygen atoms in total. The summed E-state index contributed by atoms with van der Waals surface area (Å²) in [5.41, 5.74) is -0.917. The lowest BCUT2D eigenvalue weighted by Crippen LogP contribution is -2.43. The minimum Gasteiger partial charge on any atom is -0.391 e. The van der Waals surface area contributed by atoms with E-state index in [0.717, 1.165) is 12.5 Å². The van der Waals surface area contributed by atoms with E-state index in [9.17, 15) is 18.3 Å². The highest BCUT2D eigenvalue weighted by molar-refractivity contribution is 5.55. The fourth-order valence-electron chi connectivity index (χ4n) is 2.34. The lowest BCUT2D eigenvalue weighted by Gasteiger charge is -2.36. The number of alkyl halides is 3. The molecule has 1 aromatic rings. The Hall–Kier alpha value is -1.74. The Morgan fingerprint density at radius 3 is 2.65 bits per heavy atom. The molecule has 0 aliphatic carbocycles. The summed E-state index contributed by atoms with van der Waals surface area (Å²) in [5.74, 6) is 0.145. The first-order valence-electron chi connectivity index (χ1n) is 6.37. The number of hydrogen-bond acceptors (Lipinski definition) is 3. The molecular formula is C14H15F3N2O. The number of benzene rings is 1. The summed E-state index contributed by atoms with van der Waals surface area (Å²) in [6.07, 6.45) is -4.38. The molecule has 108 valence electrons. The molecule has 2 rings (SSSR count). The van der Waals surface area contributed by atoms with E-state index in [1.165, 1.54) is 12.1 Å². The number of nitriles is 1. The Labute approximate surface area is 115 Å². The van der Waals surface area contributed by atoms with Crippen LogP contribution in [0.1, 0.15) is 24.5 Å². The number of nitrogens with zero attached hydrogens (tertiary/aromatic N) is 2. The molecule has 6 heteroatoms. The number of halogens is 3. The number of rotatable bonds is 1. The van der Waals surface area contributed by atoms with Crippen LogP contribution in [0.2, 0.25) is 0 Å². The number of anilines is 1. The van der Waals surface area contributed by atoms with Gasteiger partial charge >= 0.3 is 6.18 Å². The minimum atomic E-state index is -4.55. The van der Waals surface area contributed by atoms with Crippen LogP contribution in [0.4, 0.5) is 18.9 Å². The van der Waals surface area contributed by atoms with Gasteiger partial charge in [0.1, 0.15) is 0 Å². The molecule has 1 saturated heterocycles. The predicted octanol–water partition coefficient (Wildman–Crippen LogP) is 2.78. The van der Waals surface area contributed by atoms with Crippen molar-refractivity contribution >= 4 is 5.69 Å². The molecule has 0 amide bonds. The summed E-state index contributed by atoms with van der Waals surface area (Å²) in [4.78, 5) is 1.72. The zero-order valence-corrected chi connectivity index (χ0v) is 11.0. The van der Waals surface area contributed by atoms with Gasteiger partial charge in [0.25, 0.3) is 0 Å². The molecule has 0 bridgehead atoms. The number of aliphatic hydroxyl groups excluding tert-OH is 1. The third kappa shape index (κ3) is 2.88. The third-order valence-corrected chi connectivity index (χ3v) is 3.71. The SMILES string of the molecule is CC1CCN(c2ccc(C#N)c(C(F)(F)F)c2)CC1O. The number of aliphatic hydroxyl groups is 1. The topological polar surface area (TPSA) is 47.3 Å². The Kier molecular flexibility index (Phi) is 3.91. The number of β-amino-alcohol motifs (C(OH)–C–C–N with tert-alkyl or cyclic N) is 1. The van der Waals surface area contributed by atoms with Crippen LogP contribution >= 0.6 is 0 Å². The Morgan fingerprint density at radius 2 is 2.10 bits per heavy atom. The van der Waals surface area contributed by atoms with Crippen LogP contribution in [0.5, 0.6) is 0 Å². The van der Waals surface area contributed by atoms with E-state index in [4.69, 9.17) is 5.26 Å². The van der Waals surface area contributed by atoms with Crippen LogP contribution in [0.15, 0.2) is 18.2 Å². The molecule has 2 unspecified atom stereocenters. The normalized spacial score (nSPS) is 23.5. The van der Waals surface area contributed by atoms with E-state index in [-0.39, 0.29) is 11.5 Å². The predicted molar refractivity (Wildman–Crippen MR) is 68.2 cm³/mol. The van der Waals surface area contributed by atoms with E-state index in [1.54, 1.807) is 11.0 Å². The maximum absolute atomic E-state index is 12.9. The lowest BCUT2D eigenvalue weighted by atomic mass is 9.95. The second-order valence-electron chi connectivity index (χ2n) is 5.12. The van der Waals surface area contributed by atoms with Gasteiger partial charge in [0, 0.05) is 18.8 Å². The molecule has 0 aromatic heterocycles. The fraction of sp³-hybridized carbons (Fsp3) is 0.500. The van der Waals surface area contributed by atoms with Crippen molar-refractivity contribution in [3.63, 3.8) is 0 Å². The summed E-state index contributed by atoms with van der Waals surface area (Å²) < 4.78 is 38.7. The average molecular weight is 284 g/mol. The van der Waals surface area contributed by atoms with Gasteiger partial charge in [-0.15, -0.1) is 0 Å². The second-order valence-corrected chi connectivity index (χ2v) is 5.12. The van der Waals surface area contributed by atoms with Crippen molar-refractivity contribution in [3.8, 4) is 6.07 Å². The van der Waals surface area contributed by atoms with Gasteiger partial charge < -0.3 is 10.0 Å². The van der Waals surface area contributed by atoms with Crippen LogP contribution in [-0.4, -0.2) is 24.3 Å². The van der Waals surface area contributed by atoms with E-state index in [0.29, 0.717) is 18.8 Å². The summed E-state index contributed by atoms with van der Waals surface area (Å²) in [7, 11) is 0. The summed E-state index contributed by atoms with van der Waals surface area (Å²) in [6, 6.07) is 5.23. The minimum absolute atomic E-state index is 0.145. The molecule has 1 heterocycles. The average Bonchev–Trinajstić information content (AvgIpc) is 2.40. The van der Waals surface area contributed by atoms with Gasteiger partial charge in [-0.2, -0.15) is 18.4 Å². The summed E-state index contributed by atoms with van der Waals surface area (Å²) >= 11 is 0. The molecule has 0 spiro atoms. The molecule has 0 radical (unpaired) electrons. The van der Waals surface area contributed by atoms with Gasteiger partial charge in [0.15, 0.2) is 0 Å². The molecular weight excluding hydrogens is 269 g/mol. The Bertz CT molecular complexity index is 536. The van der Waals surface area contributed by atoms with E-state index >= 15 is 0 Å². The molecule has 1 N–H and O–H groups in total. The van der Waals surface area contributed by atoms with Gasteiger partial charge in [0.05, 0.1) is 23.3 Å². The first-order valence-corrected chi connectivity index (χ1v) is 6.37. The lowest BCUT2D eigenvalue weighted by molar-refractivity contribution is -0.137. The second kappa shape index (κ2) is 5.33. The first-order chi connectivity index (χ1) is 9.32. The molecule has 1 aliphatic rings. The molecule has 1 aliphatic heterocycles. The van der Waals surface area contributed by atoms with Crippen molar-refractivity contribution in [2.45, 2.75) is 25.6 Å². The van der Waals surface area contributed by atoms with Crippen LogP contribution in [0.25, 0.3) is 0 Å². The molecule has 1 aromatic carbocycles. The van der Waals surface area contributed by atoms with Crippen LogP contribution < -0.4 is 4.90 Å². The number of piperidine rings is 1. The molecule has 20 heavy (non-hydrogen) atoms. The zero-order chi connectivity index (χ0) is 14.9. The van der Waals surface area contributed by atoms with Gasteiger partial charge in [0.2, 0.25) is 0 Å². The van der Waals surface area contributed by atoms with E-state index in [1.807, 2.05) is 6.92 Å². The Morgan fingerprint density at radius 1 is 1.40 bits per heavy atom. The third-order valence-electron chi connectivity index (χ3n) is 3.71. The van der Waals surface area contributed by atoms with Crippen molar-refractivity contribution in [2.75, 3.05) is 18.0 Å². The smallest absolute Gasteiger partial charge is 0.391 e.